The number of nitrogens with one attached hydrogen (secondary N) is 1. The van der Waals surface area contributed by atoms with Crippen LogP contribution < -0.4 is 11.3 Å². The molecule has 2 aromatic rings. The maximum atomic E-state index is 13.8. The van der Waals surface area contributed by atoms with Crippen LogP contribution in [0.3, 0.4) is 0 Å². The summed E-state index contributed by atoms with van der Waals surface area (Å²) in [4.78, 5) is 0. The number of halogens is 3. The minimum Gasteiger partial charge on any atom is -0.271 e. The van der Waals surface area contributed by atoms with Gasteiger partial charge in [-0.2, -0.15) is 0 Å². The van der Waals surface area contributed by atoms with Crippen molar-refractivity contribution in [3.63, 3.8) is 0 Å². The van der Waals surface area contributed by atoms with E-state index < -0.39 is 23.5 Å². The fourth-order valence-corrected chi connectivity index (χ4v) is 2.08. The Hall–Kier alpha value is -1.85. The second-order valence-electron chi connectivity index (χ2n) is 4.46. The normalized spacial score (nSPS) is 12.4. The number of benzene rings is 2. The zero-order valence-corrected chi connectivity index (χ0v) is 11.0. The van der Waals surface area contributed by atoms with Gasteiger partial charge in [-0.25, -0.2) is 18.6 Å². The molecule has 2 rings (SSSR count). The van der Waals surface area contributed by atoms with E-state index in [-0.39, 0.29) is 5.56 Å². The number of nitrogens with two attached hydrogens (primary N) is 1. The van der Waals surface area contributed by atoms with Crippen LogP contribution in [-0.4, -0.2) is 0 Å². The number of hydrogen-bond acceptors (Lipinski definition) is 2. The van der Waals surface area contributed by atoms with Gasteiger partial charge in [0.1, 0.15) is 0 Å². The van der Waals surface area contributed by atoms with E-state index in [1.807, 2.05) is 19.1 Å². The molecule has 0 saturated carbocycles. The lowest BCUT2D eigenvalue weighted by atomic mass is 9.97. The highest BCUT2D eigenvalue weighted by Crippen LogP contribution is 2.26. The summed E-state index contributed by atoms with van der Waals surface area (Å²) in [5, 5.41) is 0. The van der Waals surface area contributed by atoms with E-state index in [2.05, 4.69) is 5.43 Å². The third-order valence-corrected chi connectivity index (χ3v) is 3.26. The molecule has 0 fully saturated rings. The fourth-order valence-electron chi connectivity index (χ4n) is 2.08. The van der Waals surface area contributed by atoms with Crippen LogP contribution in [0.15, 0.2) is 36.4 Å². The third-order valence-electron chi connectivity index (χ3n) is 3.26. The second-order valence-corrected chi connectivity index (χ2v) is 4.46. The predicted molar refractivity (Wildman–Crippen MR) is 71.3 cm³/mol. The molecule has 0 aliphatic carbocycles. The van der Waals surface area contributed by atoms with Crippen molar-refractivity contribution in [2.24, 2.45) is 5.84 Å². The molecule has 20 heavy (non-hydrogen) atoms. The lowest BCUT2D eigenvalue weighted by Gasteiger charge is -2.18. The van der Waals surface area contributed by atoms with Gasteiger partial charge in [-0.15, -0.1) is 0 Å². The van der Waals surface area contributed by atoms with Crippen molar-refractivity contribution in [1.29, 1.82) is 0 Å². The van der Waals surface area contributed by atoms with Crippen molar-refractivity contribution in [1.82, 2.24) is 5.43 Å². The van der Waals surface area contributed by atoms with Gasteiger partial charge in [0.25, 0.3) is 0 Å². The SMILES string of the molecule is CCc1ccc(C(NN)c2ccc(F)c(F)c2F)cc1. The van der Waals surface area contributed by atoms with Crippen molar-refractivity contribution < 1.29 is 13.2 Å². The summed E-state index contributed by atoms with van der Waals surface area (Å²) < 4.78 is 40.1. The number of hydrogen-bond donors (Lipinski definition) is 2. The number of aryl methyl sites for hydroxylation is 1. The summed E-state index contributed by atoms with van der Waals surface area (Å²) in [6.07, 6.45) is 0.876. The number of rotatable bonds is 4. The van der Waals surface area contributed by atoms with Crippen molar-refractivity contribution >= 4 is 0 Å². The Bertz CT molecular complexity index is 597. The molecule has 0 bridgehead atoms. The summed E-state index contributed by atoms with van der Waals surface area (Å²) in [6, 6.07) is 8.67. The first kappa shape index (κ1) is 14.6. The van der Waals surface area contributed by atoms with Crippen LogP contribution in [0, 0.1) is 17.5 Å². The molecule has 0 aliphatic rings. The lowest BCUT2D eigenvalue weighted by molar-refractivity contribution is 0.433. The Morgan fingerprint density at radius 2 is 1.65 bits per heavy atom. The van der Waals surface area contributed by atoms with Gasteiger partial charge >= 0.3 is 0 Å². The van der Waals surface area contributed by atoms with Gasteiger partial charge in [-0.1, -0.05) is 37.3 Å². The molecule has 106 valence electrons. The molecule has 5 heteroatoms. The Morgan fingerprint density at radius 3 is 2.20 bits per heavy atom. The molecule has 2 nitrogen and oxygen atoms in total. The maximum Gasteiger partial charge on any atom is 0.194 e. The van der Waals surface area contributed by atoms with Crippen molar-refractivity contribution in [2.45, 2.75) is 19.4 Å². The standard InChI is InChI=1S/C15H15F3N2/c1-2-9-3-5-10(6-4-9)15(20-19)11-7-8-12(16)14(18)13(11)17/h3-8,15,20H,2,19H2,1H3. The molecule has 2 aromatic carbocycles. The first-order valence-electron chi connectivity index (χ1n) is 6.26. The molecular weight excluding hydrogens is 265 g/mol. The minimum absolute atomic E-state index is 0.0318. The van der Waals surface area contributed by atoms with E-state index in [0.29, 0.717) is 5.56 Å². The van der Waals surface area contributed by atoms with Crippen LogP contribution >= 0.6 is 0 Å². The molecule has 1 unspecified atom stereocenters. The minimum atomic E-state index is -1.49. The maximum absolute atomic E-state index is 13.8. The molecule has 0 amide bonds. The average Bonchev–Trinajstić information content (AvgIpc) is 2.48. The topological polar surface area (TPSA) is 38.0 Å². The fraction of sp³-hybridized carbons (Fsp3) is 0.200. The van der Waals surface area contributed by atoms with Crippen LogP contribution in [0.1, 0.15) is 29.7 Å². The third kappa shape index (κ3) is 2.69. The van der Waals surface area contributed by atoms with Crippen LogP contribution in [0.2, 0.25) is 0 Å². The van der Waals surface area contributed by atoms with Crippen LogP contribution in [0.4, 0.5) is 13.2 Å². The highest BCUT2D eigenvalue weighted by atomic mass is 19.2. The molecule has 0 aromatic heterocycles. The highest BCUT2D eigenvalue weighted by Gasteiger charge is 2.21. The molecule has 0 radical (unpaired) electrons. The first-order valence-corrected chi connectivity index (χ1v) is 6.26. The van der Waals surface area contributed by atoms with Crippen molar-refractivity contribution in [2.75, 3.05) is 0 Å². The van der Waals surface area contributed by atoms with E-state index in [9.17, 15) is 13.2 Å². The van der Waals surface area contributed by atoms with Gasteiger partial charge in [0.05, 0.1) is 6.04 Å². The lowest BCUT2D eigenvalue weighted by Crippen LogP contribution is -2.29. The quantitative estimate of drug-likeness (QED) is 0.512. The van der Waals surface area contributed by atoms with Gasteiger partial charge in [-0.3, -0.25) is 5.84 Å². The smallest absolute Gasteiger partial charge is 0.194 e. The zero-order chi connectivity index (χ0) is 14.7. The van der Waals surface area contributed by atoms with Crippen LogP contribution in [-0.2, 0) is 6.42 Å². The zero-order valence-electron chi connectivity index (χ0n) is 11.0. The summed E-state index contributed by atoms with van der Waals surface area (Å²) in [5.41, 5.74) is 4.19. The monoisotopic (exact) mass is 280 g/mol. The van der Waals surface area contributed by atoms with E-state index in [0.717, 1.165) is 18.1 Å². The molecule has 0 heterocycles. The Kier molecular flexibility index (Phi) is 4.42. The van der Waals surface area contributed by atoms with Gasteiger partial charge < -0.3 is 0 Å². The van der Waals surface area contributed by atoms with Gasteiger partial charge in [0.15, 0.2) is 17.5 Å². The number of hydrazine groups is 1. The van der Waals surface area contributed by atoms with Crippen LogP contribution in [0.5, 0.6) is 0 Å². The summed E-state index contributed by atoms with van der Waals surface area (Å²) in [6.45, 7) is 2.02. The highest BCUT2D eigenvalue weighted by molar-refractivity contribution is 5.34. The van der Waals surface area contributed by atoms with Gasteiger partial charge in [-0.05, 0) is 23.6 Å². The van der Waals surface area contributed by atoms with Crippen molar-refractivity contribution in [3.05, 3.63) is 70.5 Å². The molecular formula is C15H15F3N2. The van der Waals surface area contributed by atoms with E-state index >= 15 is 0 Å². The van der Waals surface area contributed by atoms with E-state index in [4.69, 9.17) is 5.84 Å². The molecule has 1 atom stereocenters. The Morgan fingerprint density at radius 1 is 1.00 bits per heavy atom. The van der Waals surface area contributed by atoms with Crippen LogP contribution in [0.25, 0.3) is 0 Å². The summed E-state index contributed by atoms with van der Waals surface area (Å²) in [7, 11) is 0. The van der Waals surface area contributed by atoms with Gasteiger partial charge in [0, 0.05) is 5.56 Å². The molecule has 0 saturated heterocycles. The summed E-state index contributed by atoms with van der Waals surface area (Å²) in [5.74, 6) is 1.49. The summed E-state index contributed by atoms with van der Waals surface area (Å²) >= 11 is 0. The van der Waals surface area contributed by atoms with Crippen molar-refractivity contribution in [3.8, 4) is 0 Å². The Labute approximate surface area is 115 Å². The Balaban J connectivity index is 2.44. The van der Waals surface area contributed by atoms with Gasteiger partial charge in [0.2, 0.25) is 0 Å². The molecule has 0 aliphatic heterocycles. The second kappa shape index (κ2) is 6.07. The largest absolute Gasteiger partial charge is 0.271 e. The molecule has 0 spiro atoms. The molecule has 3 N–H and O–H groups in total. The van der Waals surface area contributed by atoms with E-state index in [1.54, 1.807) is 12.1 Å². The first-order chi connectivity index (χ1) is 9.58. The average molecular weight is 280 g/mol. The predicted octanol–water partition coefficient (Wildman–Crippen LogP) is 3.22. The van der Waals surface area contributed by atoms with E-state index in [1.165, 1.54) is 6.07 Å².